The SMILES string of the molecule is O=C(NCCCn1cnc2ccccc21)C(Cc1ccccc1)n1cnnn1. The van der Waals surface area contributed by atoms with Crippen LogP contribution in [-0.4, -0.2) is 42.2 Å². The van der Waals surface area contributed by atoms with Gasteiger partial charge in [-0.2, -0.15) is 0 Å². The van der Waals surface area contributed by atoms with Crippen LogP contribution in [0, 0.1) is 0 Å². The number of para-hydroxylation sites is 2. The Morgan fingerprint density at radius 1 is 1.04 bits per heavy atom. The van der Waals surface area contributed by atoms with Gasteiger partial charge in [-0.15, -0.1) is 5.10 Å². The van der Waals surface area contributed by atoms with Crippen LogP contribution < -0.4 is 5.32 Å². The van der Waals surface area contributed by atoms with Gasteiger partial charge in [0.25, 0.3) is 0 Å². The monoisotopic (exact) mass is 375 g/mol. The molecule has 8 heteroatoms. The highest BCUT2D eigenvalue weighted by molar-refractivity contribution is 5.80. The van der Waals surface area contributed by atoms with Crippen molar-refractivity contribution < 1.29 is 4.79 Å². The van der Waals surface area contributed by atoms with E-state index in [-0.39, 0.29) is 5.91 Å². The summed E-state index contributed by atoms with van der Waals surface area (Å²) >= 11 is 0. The average Bonchev–Trinajstić information content (AvgIpc) is 3.40. The fraction of sp³-hybridized carbons (Fsp3) is 0.250. The van der Waals surface area contributed by atoms with Crippen LogP contribution in [0.3, 0.4) is 0 Å². The van der Waals surface area contributed by atoms with E-state index in [1.807, 2.05) is 54.9 Å². The zero-order chi connectivity index (χ0) is 19.2. The van der Waals surface area contributed by atoms with Gasteiger partial charge in [0.05, 0.1) is 17.4 Å². The maximum atomic E-state index is 12.8. The molecule has 0 aliphatic carbocycles. The first kappa shape index (κ1) is 17.8. The molecule has 0 bridgehead atoms. The average molecular weight is 375 g/mol. The van der Waals surface area contributed by atoms with Gasteiger partial charge < -0.3 is 9.88 Å². The minimum Gasteiger partial charge on any atom is -0.354 e. The van der Waals surface area contributed by atoms with Crippen LogP contribution in [-0.2, 0) is 17.8 Å². The number of aryl methyl sites for hydroxylation is 1. The number of tetrazole rings is 1. The number of nitrogens with zero attached hydrogens (tertiary/aromatic N) is 6. The summed E-state index contributed by atoms with van der Waals surface area (Å²) < 4.78 is 3.61. The number of aromatic nitrogens is 6. The molecule has 4 rings (SSSR count). The number of rotatable bonds is 8. The van der Waals surface area contributed by atoms with Crippen LogP contribution >= 0.6 is 0 Å². The maximum Gasteiger partial charge on any atom is 0.245 e. The van der Waals surface area contributed by atoms with Crippen molar-refractivity contribution >= 4 is 16.9 Å². The molecule has 0 saturated carbocycles. The van der Waals surface area contributed by atoms with Crippen molar-refractivity contribution in [1.82, 2.24) is 35.1 Å². The van der Waals surface area contributed by atoms with E-state index in [1.165, 1.54) is 11.0 Å². The van der Waals surface area contributed by atoms with Gasteiger partial charge in [0.1, 0.15) is 12.4 Å². The van der Waals surface area contributed by atoms with Crippen molar-refractivity contribution in [1.29, 1.82) is 0 Å². The highest BCUT2D eigenvalue weighted by Gasteiger charge is 2.21. The smallest absolute Gasteiger partial charge is 0.245 e. The van der Waals surface area contributed by atoms with E-state index in [9.17, 15) is 4.79 Å². The third-order valence-corrected chi connectivity index (χ3v) is 4.66. The molecule has 0 spiro atoms. The quantitative estimate of drug-likeness (QED) is 0.476. The van der Waals surface area contributed by atoms with Crippen molar-refractivity contribution in [2.24, 2.45) is 0 Å². The summed E-state index contributed by atoms with van der Waals surface area (Å²) in [6.07, 6.45) is 4.65. The lowest BCUT2D eigenvalue weighted by Gasteiger charge is -2.16. The number of amides is 1. The zero-order valence-electron chi connectivity index (χ0n) is 15.3. The van der Waals surface area contributed by atoms with Crippen LogP contribution in [0.5, 0.6) is 0 Å². The normalized spacial score (nSPS) is 12.1. The molecule has 0 fully saturated rings. The zero-order valence-corrected chi connectivity index (χ0v) is 15.3. The van der Waals surface area contributed by atoms with Crippen LogP contribution in [0.2, 0.25) is 0 Å². The number of carbonyl (C=O) groups excluding carboxylic acids is 1. The topological polar surface area (TPSA) is 90.5 Å². The lowest BCUT2D eigenvalue weighted by atomic mass is 10.1. The van der Waals surface area contributed by atoms with Crippen LogP contribution in [0.15, 0.2) is 67.3 Å². The standard InChI is InChI=1S/C20H21N7O/c28-20(19(27-15-23-24-25-27)13-16-7-2-1-3-8-16)21-11-6-12-26-14-22-17-9-4-5-10-18(17)26/h1-5,7-10,14-15,19H,6,11-13H2,(H,21,28). The van der Waals surface area contributed by atoms with E-state index in [0.717, 1.165) is 29.6 Å². The van der Waals surface area contributed by atoms with Crippen molar-refractivity contribution in [2.75, 3.05) is 6.54 Å². The summed E-state index contributed by atoms with van der Waals surface area (Å²) in [5.41, 5.74) is 3.14. The summed E-state index contributed by atoms with van der Waals surface area (Å²) in [5, 5.41) is 14.3. The van der Waals surface area contributed by atoms with Gasteiger partial charge in [-0.25, -0.2) is 9.67 Å². The highest BCUT2D eigenvalue weighted by atomic mass is 16.2. The lowest BCUT2D eigenvalue weighted by Crippen LogP contribution is -2.35. The molecule has 1 unspecified atom stereocenters. The molecule has 2 aromatic carbocycles. The van der Waals surface area contributed by atoms with Crippen LogP contribution in [0.25, 0.3) is 11.0 Å². The molecule has 142 valence electrons. The molecule has 1 N–H and O–H groups in total. The molecule has 0 radical (unpaired) electrons. The molecule has 2 aromatic heterocycles. The maximum absolute atomic E-state index is 12.8. The molecule has 1 atom stereocenters. The van der Waals surface area contributed by atoms with Crippen molar-refractivity contribution in [3.05, 3.63) is 72.8 Å². The molecular formula is C20H21N7O. The van der Waals surface area contributed by atoms with Crippen molar-refractivity contribution in [2.45, 2.75) is 25.4 Å². The minimum atomic E-state index is -0.480. The number of nitrogens with one attached hydrogen (secondary N) is 1. The lowest BCUT2D eigenvalue weighted by molar-refractivity contribution is -0.124. The second-order valence-electron chi connectivity index (χ2n) is 6.57. The first-order valence-corrected chi connectivity index (χ1v) is 9.25. The van der Waals surface area contributed by atoms with Gasteiger partial charge >= 0.3 is 0 Å². The molecule has 2 heterocycles. The second-order valence-corrected chi connectivity index (χ2v) is 6.57. The predicted molar refractivity (Wildman–Crippen MR) is 104 cm³/mol. The molecule has 0 aliphatic rings. The fourth-order valence-corrected chi connectivity index (χ4v) is 3.22. The summed E-state index contributed by atoms with van der Waals surface area (Å²) in [4.78, 5) is 17.2. The Kier molecular flexibility index (Phi) is 5.37. The van der Waals surface area contributed by atoms with Crippen molar-refractivity contribution in [3.63, 3.8) is 0 Å². The number of hydrogen-bond donors (Lipinski definition) is 1. The van der Waals surface area contributed by atoms with Gasteiger partial charge in [0.2, 0.25) is 5.91 Å². The number of carbonyl (C=O) groups is 1. The van der Waals surface area contributed by atoms with E-state index in [2.05, 4.69) is 36.5 Å². The Morgan fingerprint density at radius 2 is 1.86 bits per heavy atom. The second kappa shape index (κ2) is 8.43. The Balaban J connectivity index is 1.35. The van der Waals surface area contributed by atoms with Gasteiger partial charge in [-0.1, -0.05) is 42.5 Å². The number of fused-ring (bicyclic) bond motifs is 1. The largest absolute Gasteiger partial charge is 0.354 e. The highest BCUT2D eigenvalue weighted by Crippen LogP contribution is 2.14. The van der Waals surface area contributed by atoms with E-state index in [0.29, 0.717) is 13.0 Å². The molecule has 0 aliphatic heterocycles. The third kappa shape index (κ3) is 4.06. The first-order valence-electron chi connectivity index (χ1n) is 9.25. The fourth-order valence-electron chi connectivity index (χ4n) is 3.22. The van der Waals surface area contributed by atoms with Gasteiger partial charge in [-0.3, -0.25) is 4.79 Å². The predicted octanol–water partition coefficient (Wildman–Crippen LogP) is 2.01. The summed E-state index contributed by atoms with van der Waals surface area (Å²) in [6, 6.07) is 17.4. The van der Waals surface area contributed by atoms with Crippen molar-refractivity contribution in [3.8, 4) is 0 Å². The molecule has 8 nitrogen and oxygen atoms in total. The molecule has 1 amide bonds. The molecule has 4 aromatic rings. The van der Waals surface area contributed by atoms with Crippen LogP contribution in [0.4, 0.5) is 0 Å². The summed E-state index contributed by atoms with van der Waals surface area (Å²) in [7, 11) is 0. The third-order valence-electron chi connectivity index (χ3n) is 4.66. The van der Waals surface area contributed by atoms with E-state index < -0.39 is 6.04 Å². The van der Waals surface area contributed by atoms with Gasteiger partial charge in [0, 0.05) is 19.5 Å². The Morgan fingerprint density at radius 3 is 2.68 bits per heavy atom. The Labute approximate surface area is 162 Å². The number of benzene rings is 2. The first-order chi connectivity index (χ1) is 13.8. The van der Waals surface area contributed by atoms with Gasteiger partial charge in [0.15, 0.2) is 0 Å². The molecular weight excluding hydrogens is 354 g/mol. The van der Waals surface area contributed by atoms with E-state index in [4.69, 9.17) is 0 Å². The number of imidazole rings is 1. The molecule has 28 heavy (non-hydrogen) atoms. The van der Waals surface area contributed by atoms with E-state index in [1.54, 1.807) is 0 Å². The Hall–Kier alpha value is -3.55. The van der Waals surface area contributed by atoms with Gasteiger partial charge in [-0.05, 0) is 34.5 Å². The Bertz CT molecular complexity index is 1030. The molecule has 0 saturated heterocycles. The van der Waals surface area contributed by atoms with Crippen LogP contribution in [0.1, 0.15) is 18.0 Å². The summed E-state index contributed by atoms with van der Waals surface area (Å²) in [5.74, 6) is -0.0911. The van der Waals surface area contributed by atoms with E-state index >= 15 is 0 Å². The number of hydrogen-bond acceptors (Lipinski definition) is 5. The summed E-state index contributed by atoms with van der Waals surface area (Å²) in [6.45, 7) is 1.35. The minimum absolute atomic E-state index is 0.0911.